The molecule has 1 heterocycles. The number of nitrogens with one attached hydrogen (secondary N) is 1. The van der Waals surface area contributed by atoms with Crippen molar-refractivity contribution in [1.29, 1.82) is 0 Å². The minimum Gasteiger partial charge on any atom is -0.332 e. The van der Waals surface area contributed by atoms with Gasteiger partial charge in [0.05, 0.1) is 0 Å². The van der Waals surface area contributed by atoms with Gasteiger partial charge < -0.3 is 5.32 Å². The summed E-state index contributed by atoms with van der Waals surface area (Å²) in [5.74, 6) is -2.52. The van der Waals surface area contributed by atoms with Gasteiger partial charge in [0.15, 0.2) is 11.7 Å². The van der Waals surface area contributed by atoms with Crippen LogP contribution in [0.3, 0.4) is 0 Å². The summed E-state index contributed by atoms with van der Waals surface area (Å²) in [6.45, 7) is 1.22. The third-order valence-corrected chi connectivity index (χ3v) is 1.43. The second kappa shape index (κ2) is 2.65. The van der Waals surface area contributed by atoms with Crippen molar-refractivity contribution in [2.45, 2.75) is 6.92 Å². The standard InChI is InChI=1S/C7H7NO3/c1-4(9)6-5(10)2-3-8-7(6)11/h2-3,6H,1H3,(H,8,11). The van der Waals surface area contributed by atoms with Gasteiger partial charge in [0, 0.05) is 6.20 Å². The van der Waals surface area contributed by atoms with E-state index in [1.54, 1.807) is 0 Å². The summed E-state index contributed by atoms with van der Waals surface area (Å²) in [5.41, 5.74) is 0. The van der Waals surface area contributed by atoms with Crippen molar-refractivity contribution in [2.75, 3.05) is 0 Å². The summed E-state index contributed by atoms with van der Waals surface area (Å²) in [7, 11) is 0. The van der Waals surface area contributed by atoms with E-state index in [9.17, 15) is 14.4 Å². The lowest BCUT2D eigenvalue weighted by molar-refractivity contribution is -0.138. The maximum Gasteiger partial charge on any atom is 0.242 e. The van der Waals surface area contributed by atoms with Gasteiger partial charge in [0.1, 0.15) is 5.78 Å². The van der Waals surface area contributed by atoms with Gasteiger partial charge in [-0.05, 0) is 13.0 Å². The number of ketones is 2. The average molecular weight is 153 g/mol. The van der Waals surface area contributed by atoms with Gasteiger partial charge in [-0.3, -0.25) is 14.4 Å². The Labute approximate surface area is 63.3 Å². The van der Waals surface area contributed by atoms with Crippen molar-refractivity contribution in [3.8, 4) is 0 Å². The molecular weight excluding hydrogens is 146 g/mol. The lowest BCUT2D eigenvalue weighted by Crippen LogP contribution is -2.39. The predicted octanol–water partition coefficient (Wildman–Crippen LogP) is -0.596. The van der Waals surface area contributed by atoms with E-state index in [-0.39, 0.29) is 0 Å². The summed E-state index contributed by atoms with van der Waals surface area (Å²) in [6.07, 6.45) is 2.43. The molecule has 0 bridgehead atoms. The Balaban J connectivity index is 2.92. The molecule has 58 valence electrons. The zero-order valence-corrected chi connectivity index (χ0v) is 5.96. The first-order chi connectivity index (χ1) is 5.13. The maximum absolute atomic E-state index is 10.9. The topological polar surface area (TPSA) is 63.2 Å². The molecule has 0 saturated heterocycles. The third-order valence-electron chi connectivity index (χ3n) is 1.43. The van der Waals surface area contributed by atoms with E-state index in [1.807, 2.05) is 0 Å². The van der Waals surface area contributed by atoms with Crippen molar-refractivity contribution in [1.82, 2.24) is 5.32 Å². The van der Waals surface area contributed by atoms with Crippen LogP contribution in [0.1, 0.15) is 6.92 Å². The molecule has 0 radical (unpaired) electrons. The first kappa shape index (κ1) is 7.65. The van der Waals surface area contributed by atoms with Crippen LogP contribution in [0.5, 0.6) is 0 Å². The normalized spacial score (nSPS) is 23.2. The van der Waals surface area contributed by atoms with Crippen LogP contribution < -0.4 is 5.32 Å². The molecule has 0 aromatic heterocycles. The smallest absolute Gasteiger partial charge is 0.242 e. The molecule has 0 aromatic carbocycles. The van der Waals surface area contributed by atoms with Crippen LogP contribution in [0, 0.1) is 5.92 Å². The quantitative estimate of drug-likeness (QED) is 0.512. The van der Waals surface area contributed by atoms with Gasteiger partial charge in [0.2, 0.25) is 5.91 Å². The number of hydrogen-bond donors (Lipinski definition) is 1. The summed E-state index contributed by atoms with van der Waals surface area (Å²) in [6, 6.07) is 0. The van der Waals surface area contributed by atoms with Crippen molar-refractivity contribution in [3.05, 3.63) is 12.3 Å². The Kier molecular flexibility index (Phi) is 1.85. The Morgan fingerprint density at radius 3 is 2.55 bits per heavy atom. The monoisotopic (exact) mass is 153 g/mol. The lowest BCUT2D eigenvalue weighted by atomic mass is 9.97. The molecule has 4 nitrogen and oxygen atoms in total. The summed E-state index contributed by atoms with van der Waals surface area (Å²) in [5, 5.41) is 2.28. The van der Waals surface area contributed by atoms with E-state index in [1.165, 1.54) is 19.2 Å². The third kappa shape index (κ3) is 1.34. The van der Waals surface area contributed by atoms with Crippen molar-refractivity contribution in [2.24, 2.45) is 5.92 Å². The molecule has 0 saturated carbocycles. The summed E-state index contributed by atoms with van der Waals surface area (Å²) in [4.78, 5) is 32.4. The minimum atomic E-state index is -1.13. The van der Waals surface area contributed by atoms with E-state index in [0.29, 0.717) is 0 Å². The van der Waals surface area contributed by atoms with Gasteiger partial charge >= 0.3 is 0 Å². The van der Waals surface area contributed by atoms with Crippen LogP contribution in [0.4, 0.5) is 0 Å². The van der Waals surface area contributed by atoms with E-state index in [4.69, 9.17) is 0 Å². The molecule has 1 aliphatic heterocycles. The van der Waals surface area contributed by atoms with Crippen LogP contribution in [0.25, 0.3) is 0 Å². The van der Waals surface area contributed by atoms with E-state index in [2.05, 4.69) is 5.32 Å². The second-order valence-electron chi connectivity index (χ2n) is 2.29. The number of amides is 1. The zero-order chi connectivity index (χ0) is 8.43. The molecule has 1 rings (SSSR count). The average Bonchev–Trinajstić information content (AvgIpc) is 1.85. The number of allylic oxidation sites excluding steroid dienone is 1. The molecule has 0 aromatic rings. The highest BCUT2D eigenvalue weighted by molar-refractivity contribution is 6.22. The molecule has 0 fully saturated rings. The first-order valence-electron chi connectivity index (χ1n) is 3.14. The highest BCUT2D eigenvalue weighted by atomic mass is 16.2. The van der Waals surface area contributed by atoms with E-state index < -0.39 is 23.4 Å². The van der Waals surface area contributed by atoms with Crippen LogP contribution in [0.15, 0.2) is 12.3 Å². The Morgan fingerprint density at radius 2 is 2.18 bits per heavy atom. The van der Waals surface area contributed by atoms with Crippen LogP contribution in [0.2, 0.25) is 0 Å². The zero-order valence-electron chi connectivity index (χ0n) is 5.96. The molecule has 1 N–H and O–H groups in total. The van der Waals surface area contributed by atoms with Gasteiger partial charge in [0.25, 0.3) is 0 Å². The molecule has 4 heteroatoms. The van der Waals surface area contributed by atoms with Gasteiger partial charge in [-0.2, -0.15) is 0 Å². The van der Waals surface area contributed by atoms with Crippen LogP contribution in [-0.2, 0) is 14.4 Å². The summed E-state index contributed by atoms with van der Waals surface area (Å²) >= 11 is 0. The minimum absolute atomic E-state index is 0.420. The fraction of sp³-hybridized carbons (Fsp3) is 0.286. The maximum atomic E-state index is 10.9. The number of hydrogen-bond acceptors (Lipinski definition) is 3. The van der Waals surface area contributed by atoms with Gasteiger partial charge in [-0.15, -0.1) is 0 Å². The SMILES string of the molecule is CC(=O)C1C(=O)C=CNC1=O. The van der Waals surface area contributed by atoms with Gasteiger partial charge in [-0.25, -0.2) is 0 Å². The molecule has 11 heavy (non-hydrogen) atoms. The van der Waals surface area contributed by atoms with Crippen molar-refractivity contribution in [3.63, 3.8) is 0 Å². The molecule has 1 atom stereocenters. The molecular formula is C7H7NO3. The van der Waals surface area contributed by atoms with Gasteiger partial charge in [-0.1, -0.05) is 0 Å². The largest absolute Gasteiger partial charge is 0.332 e. The molecule has 1 aliphatic rings. The van der Waals surface area contributed by atoms with Crippen LogP contribution >= 0.6 is 0 Å². The Bertz CT molecular complexity index is 254. The number of Topliss-reactive ketones (excluding diaryl/α,β-unsaturated/α-hetero) is 1. The predicted molar refractivity (Wildman–Crippen MR) is 36.5 cm³/mol. The molecule has 0 spiro atoms. The first-order valence-corrected chi connectivity index (χ1v) is 3.14. The van der Waals surface area contributed by atoms with Crippen molar-refractivity contribution < 1.29 is 14.4 Å². The number of carbonyl (C=O) groups excluding carboxylic acids is 3. The highest BCUT2D eigenvalue weighted by Gasteiger charge is 2.30. The van der Waals surface area contributed by atoms with Crippen molar-refractivity contribution >= 4 is 17.5 Å². The second-order valence-corrected chi connectivity index (χ2v) is 2.29. The fourth-order valence-corrected chi connectivity index (χ4v) is 0.900. The molecule has 1 amide bonds. The molecule has 1 unspecified atom stereocenters. The Morgan fingerprint density at radius 1 is 1.55 bits per heavy atom. The Hall–Kier alpha value is -1.45. The molecule has 0 aliphatic carbocycles. The van der Waals surface area contributed by atoms with E-state index >= 15 is 0 Å². The van der Waals surface area contributed by atoms with E-state index in [0.717, 1.165) is 0 Å². The number of carbonyl (C=O) groups is 3. The summed E-state index contributed by atoms with van der Waals surface area (Å²) < 4.78 is 0. The number of rotatable bonds is 1. The lowest BCUT2D eigenvalue weighted by Gasteiger charge is -2.12. The fourth-order valence-electron chi connectivity index (χ4n) is 0.900. The van der Waals surface area contributed by atoms with Crippen LogP contribution in [-0.4, -0.2) is 17.5 Å². The highest BCUT2D eigenvalue weighted by Crippen LogP contribution is 2.05.